The highest BCUT2D eigenvalue weighted by atomic mass is 19.3. The summed E-state index contributed by atoms with van der Waals surface area (Å²) in [7, 11) is 0. The van der Waals surface area contributed by atoms with Crippen molar-refractivity contribution in [3.05, 3.63) is 71.3 Å². The van der Waals surface area contributed by atoms with E-state index in [2.05, 4.69) is 0 Å². The molecule has 130 valence electrons. The van der Waals surface area contributed by atoms with Gasteiger partial charge >= 0.3 is 0 Å². The number of aliphatic hydroxyl groups is 1. The number of β-amino-alcohol motifs (C(OH)–C–C–N with tert-alkyl or cyclic N) is 1. The van der Waals surface area contributed by atoms with Gasteiger partial charge in [-0.1, -0.05) is 48.5 Å². The standard InChI is InChI=1S/C19H17F2NO3/c20-18(21)19(25)10-11-22(12-19)17(24)15-9-5-4-8-14(15)16(23)13-6-2-1-3-7-13/h1-9,18,25H,10-12H2/t19-/m1/s1. The normalized spacial score (nSPS) is 20.1. The Morgan fingerprint density at radius 3 is 2.20 bits per heavy atom. The van der Waals surface area contributed by atoms with E-state index in [4.69, 9.17) is 0 Å². The van der Waals surface area contributed by atoms with Gasteiger partial charge in [-0.3, -0.25) is 9.59 Å². The third kappa shape index (κ3) is 3.30. The maximum atomic E-state index is 13.0. The molecule has 0 radical (unpaired) electrons. The molecule has 3 rings (SSSR count). The van der Waals surface area contributed by atoms with Crippen molar-refractivity contribution < 1.29 is 23.5 Å². The topological polar surface area (TPSA) is 57.6 Å². The molecule has 1 aliphatic rings. The van der Waals surface area contributed by atoms with Crippen molar-refractivity contribution in [1.29, 1.82) is 0 Å². The first kappa shape index (κ1) is 17.2. The molecule has 1 atom stereocenters. The van der Waals surface area contributed by atoms with Gasteiger partial charge in [-0.2, -0.15) is 0 Å². The summed E-state index contributed by atoms with van der Waals surface area (Å²) in [5.41, 5.74) is -1.39. The molecule has 0 bridgehead atoms. The lowest BCUT2D eigenvalue weighted by Crippen LogP contribution is -2.41. The summed E-state index contributed by atoms with van der Waals surface area (Å²) >= 11 is 0. The van der Waals surface area contributed by atoms with Crippen LogP contribution in [-0.2, 0) is 0 Å². The number of likely N-dealkylation sites (tertiary alicyclic amines) is 1. The predicted molar refractivity (Wildman–Crippen MR) is 87.8 cm³/mol. The summed E-state index contributed by atoms with van der Waals surface area (Å²) in [6.07, 6.45) is -3.11. The van der Waals surface area contributed by atoms with Crippen LogP contribution in [0.25, 0.3) is 0 Å². The summed E-state index contributed by atoms with van der Waals surface area (Å²) < 4.78 is 25.9. The van der Waals surface area contributed by atoms with E-state index in [1.165, 1.54) is 17.0 Å². The molecule has 1 amide bonds. The van der Waals surface area contributed by atoms with Crippen molar-refractivity contribution >= 4 is 11.7 Å². The first-order chi connectivity index (χ1) is 11.9. The molecule has 1 heterocycles. The van der Waals surface area contributed by atoms with Gasteiger partial charge in [-0.25, -0.2) is 8.78 Å². The monoisotopic (exact) mass is 345 g/mol. The number of rotatable bonds is 4. The van der Waals surface area contributed by atoms with Crippen LogP contribution in [-0.4, -0.2) is 46.8 Å². The quantitative estimate of drug-likeness (QED) is 0.867. The molecule has 0 saturated carbocycles. The van der Waals surface area contributed by atoms with Gasteiger partial charge in [0.25, 0.3) is 12.3 Å². The van der Waals surface area contributed by atoms with Crippen LogP contribution in [0.15, 0.2) is 54.6 Å². The predicted octanol–water partition coefficient (Wildman–Crippen LogP) is 2.76. The summed E-state index contributed by atoms with van der Waals surface area (Å²) in [4.78, 5) is 26.6. The van der Waals surface area contributed by atoms with Crippen LogP contribution in [0.2, 0.25) is 0 Å². The number of ketones is 1. The summed E-state index contributed by atoms with van der Waals surface area (Å²) in [5.74, 6) is -0.843. The molecule has 1 fully saturated rings. The molecule has 0 unspecified atom stereocenters. The minimum absolute atomic E-state index is 0.0214. The second-order valence-corrected chi connectivity index (χ2v) is 6.12. The lowest BCUT2D eigenvalue weighted by Gasteiger charge is -2.23. The number of carbonyl (C=O) groups is 2. The number of hydrogen-bond acceptors (Lipinski definition) is 3. The van der Waals surface area contributed by atoms with Crippen molar-refractivity contribution in [2.75, 3.05) is 13.1 Å². The van der Waals surface area contributed by atoms with Crippen LogP contribution in [0.5, 0.6) is 0 Å². The molecule has 6 heteroatoms. The Bertz CT molecular complexity index is 794. The van der Waals surface area contributed by atoms with Crippen molar-refractivity contribution in [2.45, 2.75) is 18.4 Å². The molecule has 2 aromatic carbocycles. The van der Waals surface area contributed by atoms with Crippen LogP contribution in [0.4, 0.5) is 8.78 Å². The number of halogens is 2. The highest BCUT2D eigenvalue weighted by Crippen LogP contribution is 2.29. The van der Waals surface area contributed by atoms with Gasteiger partial charge in [-0.05, 0) is 6.07 Å². The zero-order valence-corrected chi connectivity index (χ0v) is 13.4. The Kier molecular flexibility index (Phi) is 4.63. The number of benzene rings is 2. The zero-order chi connectivity index (χ0) is 18.0. The van der Waals surface area contributed by atoms with E-state index >= 15 is 0 Å². The Labute approximate surface area is 143 Å². The van der Waals surface area contributed by atoms with E-state index < -0.39 is 24.5 Å². The highest BCUT2D eigenvalue weighted by Gasteiger charge is 2.45. The summed E-state index contributed by atoms with van der Waals surface area (Å²) in [6, 6.07) is 14.8. The molecule has 0 aromatic heterocycles. The summed E-state index contributed by atoms with van der Waals surface area (Å²) in [6.45, 7) is -0.426. The molecular formula is C19H17F2NO3. The fourth-order valence-electron chi connectivity index (χ4n) is 2.95. The first-order valence-corrected chi connectivity index (χ1v) is 7.91. The van der Waals surface area contributed by atoms with Gasteiger partial charge in [0.1, 0.15) is 5.60 Å². The maximum Gasteiger partial charge on any atom is 0.268 e. The largest absolute Gasteiger partial charge is 0.382 e. The van der Waals surface area contributed by atoms with Crippen LogP contribution < -0.4 is 0 Å². The molecule has 2 aromatic rings. The van der Waals surface area contributed by atoms with Crippen molar-refractivity contribution in [1.82, 2.24) is 4.90 Å². The number of amides is 1. The second kappa shape index (κ2) is 6.72. The van der Waals surface area contributed by atoms with Crippen molar-refractivity contribution in [3.8, 4) is 0 Å². The number of nitrogens with zero attached hydrogens (tertiary/aromatic N) is 1. The van der Waals surface area contributed by atoms with Gasteiger partial charge in [0.2, 0.25) is 0 Å². The highest BCUT2D eigenvalue weighted by molar-refractivity contribution is 6.15. The Morgan fingerprint density at radius 2 is 1.60 bits per heavy atom. The molecule has 0 spiro atoms. The molecule has 4 nitrogen and oxygen atoms in total. The van der Waals surface area contributed by atoms with Gasteiger partial charge in [0, 0.05) is 24.1 Å². The smallest absolute Gasteiger partial charge is 0.268 e. The zero-order valence-electron chi connectivity index (χ0n) is 13.4. The van der Waals surface area contributed by atoms with Crippen molar-refractivity contribution in [3.63, 3.8) is 0 Å². The minimum Gasteiger partial charge on any atom is -0.382 e. The Morgan fingerprint density at radius 1 is 1.00 bits per heavy atom. The second-order valence-electron chi connectivity index (χ2n) is 6.12. The van der Waals surface area contributed by atoms with Gasteiger partial charge in [0.15, 0.2) is 5.78 Å². The summed E-state index contributed by atoms with van der Waals surface area (Å²) in [5, 5.41) is 9.88. The lowest BCUT2D eigenvalue weighted by molar-refractivity contribution is -0.0855. The van der Waals surface area contributed by atoms with E-state index in [1.807, 2.05) is 0 Å². The van der Waals surface area contributed by atoms with E-state index in [-0.39, 0.29) is 29.9 Å². The van der Waals surface area contributed by atoms with Crippen LogP contribution in [0, 0.1) is 0 Å². The van der Waals surface area contributed by atoms with E-state index in [1.54, 1.807) is 42.5 Å². The van der Waals surface area contributed by atoms with E-state index in [0.717, 1.165) is 0 Å². The van der Waals surface area contributed by atoms with Gasteiger partial charge < -0.3 is 10.0 Å². The number of hydrogen-bond donors (Lipinski definition) is 1. The third-order valence-electron chi connectivity index (χ3n) is 4.41. The minimum atomic E-state index is -2.92. The fraction of sp³-hybridized carbons (Fsp3) is 0.263. The molecular weight excluding hydrogens is 328 g/mol. The van der Waals surface area contributed by atoms with Gasteiger partial charge in [-0.15, -0.1) is 0 Å². The van der Waals surface area contributed by atoms with Crippen molar-refractivity contribution in [2.24, 2.45) is 0 Å². The number of alkyl halides is 2. The van der Waals surface area contributed by atoms with Gasteiger partial charge in [0.05, 0.1) is 12.1 Å². The first-order valence-electron chi connectivity index (χ1n) is 7.91. The number of carbonyl (C=O) groups excluding carboxylic acids is 2. The van der Waals surface area contributed by atoms with Crippen LogP contribution in [0.3, 0.4) is 0 Å². The third-order valence-corrected chi connectivity index (χ3v) is 4.41. The molecule has 1 aliphatic heterocycles. The molecule has 1 N–H and O–H groups in total. The lowest BCUT2D eigenvalue weighted by atomic mass is 9.97. The molecule has 1 saturated heterocycles. The van der Waals surface area contributed by atoms with E-state index in [0.29, 0.717) is 5.56 Å². The molecule has 0 aliphatic carbocycles. The Hall–Kier alpha value is -2.60. The fourth-order valence-corrected chi connectivity index (χ4v) is 2.95. The van der Waals surface area contributed by atoms with E-state index in [9.17, 15) is 23.5 Å². The SMILES string of the molecule is O=C(c1ccccc1)c1ccccc1C(=O)N1CC[C@](O)(C(F)F)C1. The molecule has 25 heavy (non-hydrogen) atoms. The average Bonchev–Trinajstić information content (AvgIpc) is 3.05. The maximum absolute atomic E-state index is 13.0. The Balaban J connectivity index is 1.89. The van der Waals surface area contributed by atoms with Crippen LogP contribution in [0.1, 0.15) is 32.7 Å². The van der Waals surface area contributed by atoms with Crippen LogP contribution >= 0.6 is 0 Å². The average molecular weight is 345 g/mol.